The van der Waals surface area contributed by atoms with Crippen LogP contribution in [0.25, 0.3) is 22.3 Å². The number of carbonyl (C=O) groups is 1. The monoisotopic (exact) mass is 388 g/mol. The Bertz CT molecular complexity index is 1070. The summed E-state index contributed by atoms with van der Waals surface area (Å²) < 4.78 is 1.80. The number of fused-ring (bicyclic) bond motifs is 2. The molecule has 0 N–H and O–H groups in total. The third-order valence-electron chi connectivity index (χ3n) is 6.85. The van der Waals surface area contributed by atoms with Crippen molar-refractivity contribution in [3.63, 3.8) is 0 Å². The lowest BCUT2D eigenvalue weighted by Gasteiger charge is -2.33. The minimum atomic E-state index is 0.146. The molecule has 1 saturated carbocycles. The molecule has 3 atom stereocenters. The quantitative estimate of drug-likeness (QED) is 0.637. The number of aryl methyl sites for hydroxylation is 2. The zero-order valence-corrected chi connectivity index (χ0v) is 17.4. The molecule has 3 heterocycles. The highest BCUT2D eigenvalue weighted by atomic mass is 16.2. The van der Waals surface area contributed by atoms with Crippen LogP contribution in [-0.2, 0) is 7.05 Å². The van der Waals surface area contributed by atoms with Crippen molar-refractivity contribution >= 4 is 16.9 Å². The van der Waals surface area contributed by atoms with Crippen LogP contribution < -0.4 is 0 Å². The first-order valence-corrected chi connectivity index (χ1v) is 10.8. The summed E-state index contributed by atoms with van der Waals surface area (Å²) in [5.74, 6) is 0.802. The molecule has 0 spiro atoms. The summed E-state index contributed by atoms with van der Waals surface area (Å²) in [6.07, 6.45) is 6.04. The third kappa shape index (κ3) is 2.95. The molecule has 5 rings (SSSR count). The first-order chi connectivity index (χ1) is 14.0. The number of amides is 1. The molecular formula is C24H28N4O. The standard InChI is InChI=1S/C24H28N4O/c1-15-13-18-11-7-8-12-21(18)28(15)24(29)19-14-20(17-9-5-4-6-10-17)25-23-22(19)16(2)26-27(23)3/h4-6,9-10,14-15,18,21H,7-8,11-13H2,1-3H3. The fourth-order valence-electron chi connectivity index (χ4n) is 5.57. The van der Waals surface area contributed by atoms with Crippen molar-refractivity contribution in [2.75, 3.05) is 0 Å². The molecular weight excluding hydrogens is 360 g/mol. The van der Waals surface area contributed by atoms with Gasteiger partial charge in [0.15, 0.2) is 5.65 Å². The zero-order valence-electron chi connectivity index (χ0n) is 17.4. The molecule has 150 valence electrons. The number of carbonyl (C=O) groups excluding carboxylic acids is 1. The van der Waals surface area contributed by atoms with E-state index in [9.17, 15) is 4.79 Å². The Hall–Kier alpha value is -2.69. The maximum Gasteiger partial charge on any atom is 0.255 e. The average Bonchev–Trinajstić information content (AvgIpc) is 3.22. The number of hydrogen-bond donors (Lipinski definition) is 0. The van der Waals surface area contributed by atoms with Gasteiger partial charge in [0.25, 0.3) is 5.91 Å². The molecule has 2 fully saturated rings. The summed E-state index contributed by atoms with van der Waals surface area (Å²) in [5, 5.41) is 5.47. The minimum Gasteiger partial charge on any atom is -0.333 e. The number of rotatable bonds is 2. The Kier molecular flexibility index (Phi) is 4.41. The second-order valence-corrected chi connectivity index (χ2v) is 8.74. The lowest BCUT2D eigenvalue weighted by atomic mass is 9.84. The summed E-state index contributed by atoms with van der Waals surface area (Å²) in [6.45, 7) is 4.18. The van der Waals surface area contributed by atoms with Crippen LogP contribution >= 0.6 is 0 Å². The SMILES string of the molecule is Cc1nn(C)c2nc(-c3ccccc3)cc(C(=O)N3C(C)CC4CCCCC43)c12. The number of likely N-dealkylation sites (tertiary alicyclic amines) is 1. The van der Waals surface area contributed by atoms with Crippen molar-refractivity contribution in [1.29, 1.82) is 0 Å². The molecule has 1 aliphatic carbocycles. The van der Waals surface area contributed by atoms with Gasteiger partial charge in [0.05, 0.1) is 22.3 Å². The van der Waals surface area contributed by atoms with E-state index in [4.69, 9.17) is 4.98 Å². The van der Waals surface area contributed by atoms with Crippen molar-refractivity contribution in [3.05, 3.63) is 47.7 Å². The van der Waals surface area contributed by atoms with Crippen molar-refractivity contribution in [3.8, 4) is 11.3 Å². The first kappa shape index (κ1) is 18.3. The van der Waals surface area contributed by atoms with E-state index in [1.807, 2.05) is 50.4 Å². The molecule has 5 nitrogen and oxygen atoms in total. The Morgan fingerprint density at radius 3 is 2.69 bits per heavy atom. The molecule has 3 aromatic rings. The van der Waals surface area contributed by atoms with Gasteiger partial charge in [-0.2, -0.15) is 5.10 Å². The van der Waals surface area contributed by atoms with Gasteiger partial charge in [0, 0.05) is 24.7 Å². The van der Waals surface area contributed by atoms with E-state index in [1.165, 1.54) is 19.3 Å². The van der Waals surface area contributed by atoms with Gasteiger partial charge in [-0.1, -0.05) is 43.2 Å². The van der Waals surface area contributed by atoms with Gasteiger partial charge < -0.3 is 4.90 Å². The van der Waals surface area contributed by atoms with Crippen LogP contribution in [0.1, 0.15) is 55.1 Å². The second kappa shape index (κ2) is 6.97. The molecule has 1 aliphatic heterocycles. The largest absolute Gasteiger partial charge is 0.333 e. The van der Waals surface area contributed by atoms with Crippen LogP contribution in [-0.4, -0.2) is 37.7 Å². The van der Waals surface area contributed by atoms with Crippen LogP contribution in [0, 0.1) is 12.8 Å². The van der Waals surface area contributed by atoms with Gasteiger partial charge in [0.1, 0.15) is 0 Å². The molecule has 2 aromatic heterocycles. The zero-order chi connectivity index (χ0) is 20.1. The van der Waals surface area contributed by atoms with Crippen molar-refractivity contribution in [1.82, 2.24) is 19.7 Å². The smallest absolute Gasteiger partial charge is 0.255 e. The van der Waals surface area contributed by atoms with Crippen LogP contribution in [0.2, 0.25) is 0 Å². The van der Waals surface area contributed by atoms with Crippen molar-refractivity contribution in [2.24, 2.45) is 13.0 Å². The second-order valence-electron chi connectivity index (χ2n) is 8.74. The predicted molar refractivity (Wildman–Crippen MR) is 115 cm³/mol. The Morgan fingerprint density at radius 1 is 1.14 bits per heavy atom. The highest BCUT2D eigenvalue weighted by Gasteiger charge is 2.43. The highest BCUT2D eigenvalue weighted by molar-refractivity contribution is 6.07. The minimum absolute atomic E-state index is 0.146. The Morgan fingerprint density at radius 2 is 1.90 bits per heavy atom. The summed E-state index contributed by atoms with van der Waals surface area (Å²) in [5.41, 5.74) is 4.24. The number of nitrogens with zero attached hydrogens (tertiary/aromatic N) is 4. The Balaban J connectivity index is 1.66. The summed E-state index contributed by atoms with van der Waals surface area (Å²) >= 11 is 0. The van der Waals surface area contributed by atoms with Crippen LogP contribution in [0.5, 0.6) is 0 Å². The number of aromatic nitrogens is 3. The number of benzene rings is 1. The lowest BCUT2D eigenvalue weighted by Crippen LogP contribution is -2.42. The van der Waals surface area contributed by atoms with Crippen molar-refractivity contribution in [2.45, 2.75) is 58.0 Å². The van der Waals surface area contributed by atoms with E-state index >= 15 is 0 Å². The maximum atomic E-state index is 13.9. The van der Waals surface area contributed by atoms with Gasteiger partial charge in [-0.15, -0.1) is 0 Å². The van der Waals surface area contributed by atoms with E-state index in [0.29, 0.717) is 12.0 Å². The molecule has 0 radical (unpaired) electrons. The van der Waals surface area contributed by atoms with E-state index < -0.39 is 0 Å². The average molecular weight is 389 g/mol. The van der Waals surface area contributed by atoms with Crippen LogP contribution in [0.3, 0.4) is 0 Å². The Labute approximate surface area is 171 Å². The normalized spacial score (nSPS) is 24.1. The fraction of sp³-hybridized carbons (Fsp3) is 0.458. The third-order valence-corrected chi connectivity index (χ3v) is 6.85. The number of hydrogen-bond acceptors (Lipinski definition) is 3. The first-order valence-electron chi connectivity index (χ1n) is 10.8. The van der Waals surface area contributed by atoms with Gasteiger partial charge in [-0.3, -0.25) is 9.48 Å². The predicted octanol–water partition coefficient (Wildman–Crippen LogP) is 4.74. The molecule has 0 bridgehead atoms. The maximum absolute atomic E-state index is 13.9. The molecule has 1 saturated heterocycles. The summed E-state index contributed by atoms with van der Waals surface area (Å²) in [6, 6.07) is 12.7. The van der Waals surface area contributed by atoms with Gasteiger partial charge in [-0.05, 0) is 45.1 Å². The van der Waals surface area contributed by atoms with E-state index in [-0.39, 0.29) is 11.9 Å². The van der Waals surface area contributed by atoms with Crippen LogP contribution in [0.4, 0.5) is 0 Å². The molecule has 5 heteroatoms. The summed E-state index contributed by atoms with van der Waals surface area (Å²) in [4.78, 5) is 21.0. The van der Waals surface area contributed by atoms with Crippen LogP contribution in [0.15, 0.2) is 36.4 Å². The highest BCUT2D eigenvalue weighted by Crippen LogP contribution is 2.41. The lowest BCUT2D eigenvalue weighted by molar-refractivity contribution is 0.0635. The van der Waals surface area contributed by atoms with E-state index in [2.05, 4.69) is 16.9 Å². The molecule has 3 unspecified atom stereocenters. The number of pyridine rings is 1. The molecule has 1 amide bonds. The molecule has 2 aliphatic rings. The van der Waals surface area contributed by atoms with E-state index in [0.717, 1.165) is 46.4 Å². The summed E-state index contributed by atoms with van der Waals surface area (Å²) in [7, 11) is 1.90. The van der Waals surface area contributed by atoms with E-state index in [1.54, 1.807) is 4.68 Å². The van der Waals surface area contributed by atoms with Gasteiger partial charge in [0.2, 0.25) is 0 Å². The van der Waals surface area contributed by atoms with Gasteiger partial charge >= 0.3 is 0 Å². The topological polar surface area (TPSA) is 51.0 Å². The molecule has 29 heavy (non-hydrogen) atoms. The molecule has 1 aromatic carbocycles. The van der Waals surface area contributed by atoms with Crippen molar-refractivity contribution < 1.29 is 4.79 Å². The van der Waals surface area contributed by atoms with Gasteiger partial charge in [-0.25, -0.2) is 4.98 Å². The fourth-order valence-corrected chi connectivity index (χ4v) is 5.57.